The minimum absolute atomic E-state index is 0.0627. The maximum absolute atomic E-state index is 13.5. The van der Waals surface area contributed by atoms with E-state index in [1.807, 2.05) is 26.8 Å². The van der Waals surface area contributed by atoms with Gasteiger partial charge in [0, 0.05) is 69.0 Å². The number of hydrogen-bond acceptors (Lipinski definition) is 5. The van der Waals surface area contributed by atoms with Gasteiger partial charge in [0.1, 0.15) is 5.75 Å². The Morgan fingerprint density at radius 2 is 1.80 bits per heavy atom. The Balaban J connectivity index is 1.46. The normalized spacial score (nSPS) is 23.8. The smallest absolute Gasteiger partial charge is 0.225 e. The van der Waals surface area contributed by atoms with Crippen molar-refractivity contribution in [2.75, 3.05) is 59.1 Å². The maximum atomic E-state index is 13.5. The molecular formula is C26H36ClN3O5. The molecule has 3 saturated heterocycles. The van der Waals surface area contributed by atoms with Crippen molar-refractivity contribution in [2.24, 2.45) is 11.3 Å². The monoisotopic (exact) mass is 505 g/mol. The van der Waals surface area contributed by atoms with Crippen molar-refractivity contribution in [3.05, 3.63) is 29.3 Å². The fraction of sp³-hybridized carbons (Fsp3) is 0.654. The highest BCUT2D eigenvalue weighted by Gasteiger charge is 2.42. The molecular weight excluding hydrogens is 470 g/mol. The van der Waals surface area contributed by atoms with Crippen LogP contribution in [0.4, 0.5) is 0 Å². The molecule has 4 rings (SSSR count). The largest absolute Gasteiger partial charge is 0.493 e. The summed E-state index contributed by atoms with van der Waals surface area (Å²) in [4.78, 5) is 44.0. The minimum Gasteiger partial charge on any atom is -0.493 e. The van der Waals surface area contributed by atoms with Gasteiger partial charge in [-0.15, -0.1) is 0 Å². The minimum atomic E-state index is -0.467. The Kier molecular flexibility index (Phi) is 8.55. The summed E-state index contributed by atoms with van der Waals surface area (Å²) in [5.74, 6) is 0.875. The highest BCUT2D eigenvalue weighted by Crippen LogP contribution is 2.37. The first-order chi connectivity index (χ1) is 16.8. The Morgan fingerprint density at radius 1 is 1.06 bits per heavy atom. The Labute approximate surface area is 212 Å². The third kappa shape index (κ3) is 6.67. The molecule has 0 radical (unpaired) electrons. The molecule has 0 bridgehead atoms. The van der Waals surface area contributed by atoms with Crippen LogP contribution in [0.3, 0.4) is 0 Å². The SMILES string of the molecule is CC(=O)N1CCC(C(=O)N2CCC[C@](COc3cccc(Cl)c3)(CC(=O)N3CCOCC3)C2)CC1. The van der Waals surface area contributed by atoms with Gasteiger partial charge >= 0.3 is 0 Å². The van der Waals surface area contributed by atoms with E-state index >= 15 is 0 Å². The summed E-state index contributed by atoms with van der Waals surface area (Å²) in [7, 11) is 0. The lowest BCUT2D eigenvalue weighted by molar-refractivity contribution is -0.147. The fourth-order valence-corrected chi connectivity index (χ4v) is 5.63. The zero-order valence-electron chi connectivity index (χ0n) is 20.5. The van der Waals surface area contributed by atoms with Crippen LogP contribution in [0.25, 0.3) is 0 Å². The van der Waals surface area contributed by atoms with E-state index < -0.39 is 5.41 Å². The molecule has 0 spiro atoms. The van der Waals surface area contributed by atoms with E-state index in [1.54, 1.807) is 19.1 Å². The highest BCUT2D eigenvalue weighted by molar-refractivity contribution is 6.30. The van der Waals surface area contributed by atoms with Crippen molar-refractivity contribution in [3.63, 3.8) is 0 Å². The average Bonchev–Trinajstić information content (AvgIpc) is 2.88. The zero-order valence-corrected chi connectivity index (χ0v) is 21.3. The van der Waals surface area contributed by atoms with Crippen LogP contribution in [0.15, 0.2) is 24.3 Å². The Bertz CT molecular complexity index is 914. The molecule has 1 aromatic carbocycles. The first-order valence-electron chi connectivity index (χ1n) is 12.6. The molecule has 3 aliphatic heterocycles. The summed E-state index contributed by atoms with van der Waals surface area (Å²) in [5.41, 5.74) is -0.467. The topological polar surface area (TPSA) is 79.4 Å². The maximum Gasteiger partial charge on any atom is 0.225 e. The van der Waals surface area contributed by atoms with Crippen molar-refractivity contribution >= 4 is 29.3 Å². The Hall–Kier alpha value is -2.32. The van der Waals surface area contributed by atoms with Crippen molar-refractivity contribution in [1.29, 1.82) is 0 Å². The van der Waals surface area contributed by atoms with Gasteiger partial charge in [-0.25, -0.2) is 0 Å². The van der Waals surface area contributed by atoms with Crippen LogP contribution in [0.1, 0.15) is 39.0 Å². The highest BCUT2D eigenvalue weighted by atomic mass is 35.5. The Morgan fingerprint density at radius 3 is 2.49 bits per heavy atom. The van der Waals surface area contributed by atoms with Gasteiger partial charge in [0.05, 0.1) is 19.8 Å². The molecule has 8 nitrogen and oxygen atoms in total. The van der Waals surface area contributed by atoms with Gasteiger partial charge in [-0.3, -0.25) is 14.4 Å². The molecule has 0 unspecified atom stereocenters. The summed E-state index contributed by atoms with van der Waals surface area (Å²) >= 11 is 6.14. The predicted octanol–water partition coefficient (Wildman–Crippen LogP) is 2.84. The molecule has 192 valence electrons. The number of amides is 3. The standard InChI is InChI=1S/C26H36ClN3O5/c1-20(31)28-10-6-21(7-11-28)25(33)30-9-3-8-26(18-30,17-24(32)29-12-14-34-15-13-29)19-35-23-5-2-4-22(27)16-23/h2,4-5,16,21H,3,6-15,17-19H2,1H3/t26-/m0/s1. The van der Waals surface area contributed by atoms with Crippen LogP contribution in [-0.4, -0.2) is 91.5 Å². The van der Waals surface area contributed by atoms with Crippen LogP contribution in [0.2, 0.25) is 5.02 Å². The van der Waals surface area contributed by atoms with E-state index in [0.29, 0.717) is 89.1 Å². The number of likely N-dealkylation sites (tertiary alicyclic amines) is 2. The summed E-state index contributed by atoms with van der Waals surface area (Å²) < 4.78 is 11.6. The lowest BCUT2D eigenvalue weighted by Crippen LogP contribution is -2.53. The van der Waals surface area contributed by atoms with Crippen molar-refractivity contribution < 1.29 is 23.9 Å². The van der Waals surface area contributed by atoms with Gasteiger partial charge in [-0.1, -0.05) is 17.7 Å². The molecule has 35 heavy (non-hydrogen) atoms. The molecule has 3 fully saturated rings. The van der Waals surface area contributed by atoms with Crippen LogP contribution in [-0.2, 0) is 19.1 Å². The average molecular weight is 506 g/mol. The van der Waals surface area contributed by atoms with Crippen LogP contribution in [0.5, 0.6) is 5.75 Å². The molecule has 0 saturated carbocycles. The summed E-state index contributed by atoms with van der Waals surface area (Å²) in [5, 5.41) is 0.596. The molecule has 3 amide bonds. The fourth-order valence-electron chi connectivity index (χ4n) is 5.45. The third-order valence-electron chi connectivity index (χ3n) is 7.49. The van der Waals surface area contributed by atoms with E-state index in [0.717, 1.165) is 12.8 Å². The molecule has 0 aliphatic carbocycles. The van der Waals surface area contributed by atoms with E-state index in [1.165, 1.54) is 0 Å². The number of morpholine rings is 1. The van der Waals surface area contributed by atoms with Gasteiger partial charge in [-0.05, 0) is 43.9 Å². The van der Waals surface area contributed by atoms with Gasteiger partial charge in [0.15, 0.2) is 0 Å². The summed E-state index contributed by atoms with van der Waals surface area (Å²) in [6, 6.07) is 7.27. The predicted molar refractivity (Wildman–Crippen MR) is 132 cm³/mol. The first-order valence-corrected chi connectivity index (χ1v) is 13.0. The van der Waals surface area contributed by atoms with E-state index in [-0.39, 0.29) is 23.6 Å². The van der Waals surface area contributed by atoms with Crippen LogP contribution in [0, 0.1) is 11.3 Å². The second kappa shape index (κ2) is 11.6. The molecule has 0 aromatic heterocycles. The number of nitrogens with zero attached hydrogens (tertiary/aromatic N) is 3. The number of carbonyl (C=O) groups is 3. The van der Waals surface area contributed by atoms with Crippen molar-refractivity contribution in [2.45, 2.75) is 39.0 Å². The molecule has 0 N–H and O–H groups in total. The number of piperidine rings is 2. The third-order valence-corrected chi connectivity index (χ3v) is 7.73. The van der Waals surface area contributed by atoms with Gasteiger partial charge in [0.2, 0.25) is 17.7 Å². The zero-order chi connectivity index (χ0) is 24.8. The van der Waals surface area contributed by atoms with Crippen molar-refractivity contribution in [1.82, 2.24) is 14.7 Å². The summed E-state index contributed by atoms with van der Waals surface area (Å²) in [6.45, 7) is 6.66. The van der Waals surface area contributed by atoms with Gasteiger partial charge < -0.3 is 24.2 Å². The second-order valence-electron chi connectivity index (χ2n) is 10.1. The quantitative estimate of drug-likeness (QED) is 0.594. The summed E-state index contributed by atoms with van der Waals surface area (Å²) in [6.07, 6.45) is 3.35. The lowest BCUT2D eigenvalue weighted by Gasteiger charge is -2.44. The molecule has 1 atom stereocenters. The molecule has 3 aliphatic rings. The van der Waals surface area contributed by atoms with E-state index in [4.69, 9.17) is 21.1 Å². The molecule has 9 heteroatoms. The van der Waals surface area contributed by atoms with E-state index in [9.17, 15) is 14.4 Å². The number of benzene rings is 1. The van der Waals surface area contributed by atoms with Gasteiger partial charge in [-0.2, -0.15) is 0 Å². The lowest BCUT2D eigenvalue weighted by atomic mass is 9.76. The number of rotatable bonds is 6. The number of hydrogen-bond donors (Lipinski definition) is 0. The number of ether oxygens (including phenoxy) is 2. The number of carbonyl (C=O) groups excluding carboxylic acids is 3. The second-order valence-corrected chi connectivity index (χ2v) is 10.5. The van der Waals surface area contributed by atoms with Crippen LogP contribution >= 0.6 is 11.6 Å². The first kappa shape index (κ1) is 25.8. The van der Waals surface area contributed by atoms with Gasteiger partial charge in [0.25, 0.3) is 0 Å². The molecule has 1 aromatic rings. The van der Waals surface area contributed by atoms with Crippen molar-refractivity contribution in [3.8, 4) is 5.75 Å². The van der Waals surface area contributed by atoms with E-state index in [2.05, 4.69) is 0 Å². The van der Waals surface area contributed by atoms with Crippen LogP contribution < -0.4 is 4.74 Å². The number of halogens is 1. The molecule has 3 heterocycles.